The second kappa shape index (κ2) is 4.64. The lowest BCUT2D eigenvalue weighted by Crippen LogP contribution is -2.70. The van der Waals surface area contributed by atoms with E-state index < -0.39 is 11.6 Å². The monoisotopic (exact) mass is 248 g/mol. The van der Waals surface area contributed by atoms with E-state index >= 15 is 0 Å². The standard InChI is InChI=1S/C14H20N2O2/c1-4-9-16-11(10(2)3)12(17)15-14(13(16)18)7-5-6-8-14/h1,10-11H,5-9H2,2-3H3,(H,15,17). The number of amides is 2. The molecular weight excluding hydrogens is 228 g/mol. The summed E-state index contributed by atoms with van der Waals surface area (Å²) in [5.41, 5.74) is -0.667. The van der Waals surface area contributed by atoms with E-state index in [0.717, 1.165) is 25.7 Å². The fourth-order valence-electron chi connectivity index (χ4n) is 3.15. The molecule has 1 aliphatic heterocycles. The van der Waals surface area contributed by atoms with E-state index in [-0.39, 0.29) is 24.3 Å². The molecule has 4 heteroatoms. The Morgan fingerprint density at radius 3 is 2.56 bits per heavy atom. The summed E-state index contributed by atoms with van der Waals surface area (Å²) < 4.78 is 0. The Bertz CT molecular complexity index is 403. The number of piperazine rings is 1. The van der Waals surface area contributed by atoms with Gasteiger partial charge in [-0.05, 0) is 18.8 Å². The third kappa shape index (κ3) is 1.88. The second-order valence-electron chi connectivity index (χ2n) is 5.60. The van der Waals surface area contributed by atoms with Gasteiger partial charge in [0.2, 0.25) is 11.8 Å². The van der Waals surface area contributed by atoms with E-state index in [1.807, 2.05) is 13.8 Å². The highest BCUT2D eigenvalue weighted by molar-refractivity contribution is 6.00. The average molecular weight is 248 g/mol. The van der Waals surface area contributed by atoms with E-state index in [9.17, 15) is 9.59 Å². The zero-order chi connectivity index (χ0) is 13.3. The van der Waals surface area contributed by atoms with Crippen LogP contribution in [-0.4, -0.2) is 34.8 Å². The van der Waals surface area contributed by atoms with Crippen molar-refractivity contribution in [1.82, 2.24) is 10.2 Å². The summed E-state index contributed by atoms with van der Waals surface area (Å²) in [4.78, 5) is 26.5. The number of nitrogens with one attached hydrogen (secondary N) is 1. The molecule has 18 heavy (non-hydrogen) atoms. The summed E-state index contributed by atoms with van der Waals surface area (Å²) in [6.07, 6.45) is 8.80. The third-order valence-electron chi connectivity index (χ3n) is 3.99. The molecule has 2 fully saturated rings. The first kappa shape index (κ1) is 12.9. The van der Waals surface area contributed by atoms with Crippen molar-refractivity contribution in [3.63, 3.8) is 0 Å². The highest BCUT2D eigenvalue weighted by atomic mass is 16.2. The van der Waals surface area contributed by atoms with Crippen molar-refractivity contribution in [3.8, 4) is 12.3 Å². The van der Waals surface area contributed by atoms with E-state index in [0.29, 0.717) is 0 Å². The van der Waals surface area contributed by atoms with E-state index in [1.165, 1.54) is 0 Å². The van der Waals surface area contributed by atoms with Crippen LogP contribution in [0.2, 0.25) is 0 Å². The van der Waals surface area contributed by atoms with Crippen LogP contribution >= 0.6 is 0 Å². The Balaban J connectivity index is 2.33. The molecule has 98 valence electrons. The first-order chi connectivity index (χ1) is 8.52. The van der Waals surface area contributed by atoms with Crippen molar-refractivity contribution in [1.29, 1.82) is 0 Å². The number of rotatable bonds is 2. The minimum Gasteiger partial charge on any atom is -0.340 e. The van der Waals surface area contributed by atoms with Gasteiger partial charge in [-0.3, -0.25) is 9.59 Å². The van der Waals surface area contributed by atoms with Gasteiger partial charge >= 0.3 is 0 Å². The molecule has 1 saturated heterocycles. The quantitative estimate of drug-likeness (QED) is 0.739. The normalized spacial score (nSPS) is 26.6. The minimum atomic E-state index is -0.667. The predicted octanol–water partition coefficient (Wildman–Crippen LogP) is 0.915. The Morgan fingerprint density at radius 2 is 2.06 bits per heavy atom. The number of carbonyl (C=O) groups excluding carboxylic acids is 2. The van der Waals surface area contributed by atoms with Gasteiger partial charge in [0, 0.05) is 0 Å². The molecule has 2 amide bonds. The number of hydrogen-bond acceptors (Lipinski definition) is 2. The summed E-state index contributed by atoms with van der Waals surface area (Å²) in [6.45, 7) is 4.10. The van der Waals surface area contributed by atoms with Crippen molar-refractivity contribution in [2.75, 3.05) is 6.54 Å². The van der Waals surface area contributed by atoms with Crippen LogP contribution in [0.25, 0.3) is 0 Å². The van der Waals surface area contributed by atoms with Gasteiger partial charge in [-0.15, -0.1) is 6.42 Å². The molecule has 0 bridgehead atoms. The largest absolute Gasteiger partial charge is 0.340 e. The van der Waals surface area contributed by atoms with Crippen LogP contribution in [0.1, 0.15) is 39.5 Å². The summed E-state index contributed by atoms with van der Waals surface area (Å²) >= 11 is 0. The molecule has 0 aromatic rings. The minimum absolute atomic E-state index is 0.0104. The average Bonchev–Trinajstić information content (AvgIpc) is 2.75. The van der Waals surface area contributed by atoms with Gasteiger partial charge in [0.1, 0.15) is 11.6 Å². The van der Waals surface area contributed by atoms with Crippen LogP contribution in [0, 0.1) is 18.3 Å². The maximum Gasteiger partial charge on any atom is 0.249 e. The van der Waals surface area contributed by atoms with E-state index in [1.54, 1.807) is 4.90 Å². The van der Waals surface area contributed by atoms with Gasteiger partial charge in [-0.2, -0.15) is 0 Å². The third-order valence-corrected chi connectivity index (χ3v) is 3.99. The van der Waals surface area contributed by atoms with Crippen LogP contribution in [0.3, 0.4) is 0 Å². The molecule has 0 radical (unpaired) electrons. The molecule has 2 rings (SSSR count). The molecular formula is C14H20N2O2. The molecule has 1 spiro atoms. The molecule has 0 aromatic heterocycles. The van der Waals surface area contributed by atoms with Gasteiger partial charge in [0.25, 0.3) is 0 Å². The SMILES string of the molecule is C#CCN1C(=O)C2(CCCC2)NC(=O)C1C(C)C. The maximum absolute atomic E-state index is 12.6. The second-order valence-corrected chi connectivity index (χ2v) is 5.60. The van der Waals surface area contributed by atoms with Gasteiger partial charge < -0.3 is 10.2 Å². The summed E-state index contributed by atoms with van der Waals surface area (Å²) in [5, 5.41) is 2.96. The van der Waals surface area contributed by atoms with Crippen LogP contribution in [0.15, 0.2) is 0 Å². The molecule has 1 unspecified atom stereocenters. The summed E-state index contributed by atoms with van der Waals surface area (Å²) in [7, 11) is 0. The molecule has 1 aliphatic carbocycles. The fourth-order valence-corrected chi connectivity index (χ4v) is 3.15. The molecule has 1 N–H and O–H groups in total. The first-order valence-electron chi connectivity index (χ1n) is 6.58. The van der Waals surface area contributed by atoms with Gasteiger partial charge in [0.15, 0.2) is 0 Å². The smallest absolute Gasteiger partial charge is 0.249 e. The van der Waals surface area contributed by atoms with Gasteiger partial charge in [-0.25, -0.2) is 0 Å². The van der Waals surface area contributed by atoms with Crippen molar-refractivity contribution in [3.05, 3.63) is 0 Å². The predicted molar refractivity (Wildman–Crippen MR) is 68.5 cm³/mol. The van der Waals surface area contributed by atoms with Crippen LogP contribution in [0.4, 0.5) is 0 Å². The Labute approximate surface area is 108 Å². The van der Waals surface area contributed by atoms with Crippen molar-refractivity contribution in [2.24, 2.45) is 5.92 Å². The number of hydrogen-bond donors (Lipinski definition) is 1. The van der Waals surface area contributed by atoms with Gasteiger partial charge in [-0.1, -0.05) is 32.6 Å². The number of terminal acetylenes is 1. The van der Waals surface area contributed by atoms with Crippen molar-refractivity contribution in [2.45, 2.75) is 51.1 Å². The van der Waals surface area contributed by atoms with Crippen LogP contribution in [0.5, 0.6) is 0 Å². The number of carbonyl (C=O) groups is 2. The van der Waals surface area contributed by atoms with E-state index in [2.05, 4.69) is 11.2 Å². The lowest BCUT2D eigenvalue weighted by atomic mass is 9.87. The van der Waals surface area contributed by atoms with Crippen LogP contribution in [-0.2, 0) is 9.59 Å². The number of nitrogens with zero attached hydrogens (tertiary/aromatic N) is 1. The Hall–Kier alpha value is -1.50. The molecule has 4 nitrogen and oxygen atoms in total. The highest BCUT2D eigenvalue weighted by Crippen LogP contribution is 2.35. The van der Waals surface area contributed by atoms with Crippen molar-refractivity contribution < 1.29 is 9.59 Å². The summed E-state index contributed by atoms with van der Waals surface area (Å²) in [6, 6.07) is -0.431. The van der Waals surface area contributed by atoms with E-state index in [4.69, 9.17) is 6.42 Å². The molecule has 1 atom stereocenters. The van der Waals surface area contributed by atoms with Crippen LogP contribution < -0.4 is 5.32 Å². The first-order valence-corrected chi connectivity index (χ1v) is 6.58. The lowest BCUT2D eigenvalue weighted by molar-refractivity contribution is -0.155. The molecule has 0 aromatic carbocycles. The Kier molecular flexibility index (Phi) is 3.34. The molecule has 1 heterocycles. The topological polar surface area (TPSA) is 49.4 Å². The fraction of sp³-hybridized carbons (Fsp3) is 0.714. The van der Waals surface area contributed by atoms with Crippen molar-refractivity contribution >= 4 is 11.8 Å². The molecule has 2 aliphatic rings. The highest BCUT2D eigenvalue weighted by Gasteiger charge is 2.52. The zero-order valence-electron chi connectivity index (χ0n) is 11.0. The lowest BCUT2D eigenvalue weighted by Gasteiger charge is -2.45. The zero-order valence-corrected chi connectivity index (χ0v) is 11.0. The Morgan fingerprint density at radius 1 is 1.44 bits per heavy atom. The maximum atomic E-state index is 12.6. The van der Waals surface area contributed by atoms with Gasteiger partial charge in [0.05, 0.1) is 6.54 Å². The molecule has 1 saturated carbocycles. The summed E-state index contributed by atoms with van der Waals surface area (Å²) in [5.74, 6) is 2.53.